The van der Waals surface area contributed by atoms with Crippen LogP contribution in [-0.2, 0) is 11.8 Å². The maximum atomic E-state index is 11.6. The molecule has 0 saturated carbocycles. The average molecular weight is 226 g/mol. The van der Waals surface area contributed by atoms with Crippen molar-refractivity contribution in [3.05, 3.63) is 6.20 Å². The van der Waals surface area contributed by atoms with Crippen molar-refractivity contribution in [2.45, 2.75) is 6.04 Å². The van der Waals surface area contributed by atoms with E-state index in [4.69, 9.17) is 9.84 Å². The summed E-state index contributed by atoms with van der Waals surface area (Å²) >= 11 is 0. The summed E-state index contributed by atoms with van der Waals surface area (Å²) in [5, 5.41) is 17.0. The highest BCUT2D eigenvalue weighted by atomic mass is 16.5. The predicted octanol–water partition coefficient (Wildman–Crippen LogP) is -0.613. The van der Waals surface area contributed by atoms with Crippen LogP contribution in [0.3, 0.4) is 0 Å². The maximum Gasteiger partial charge on any atom is 0.405 e. The lowest BCUT2D eigenvalue weighted by molar-refractivity contribution is -0.118. The zero-order valence-electron chi connectivity index (χ0n) is 8.43. The van der Waals surface area contributed by atoms with Crippen LogP contribution < -0.4 is 15.4 Å². The van der Waals surface area contributed by atoms with Gasteiger partial charge in [-0.1, -0.05) is 0 Å². The third-order valence-corrected chi connectivity index (χ3v) is 2.14. The van der Waals surface area contributed by atoms with Crippen molar-refractivity contribution in [1.29, 1.82) is 0 Å². The molecular formula is C8H10N4O4. The molecule has 1 aromatic heterocycles. The maximum absolute atomic E-state index is 11.6. The van der Waals surface area contributed by atoms with Crippen LogP contribution in [0.1, 0.15) is 0 Å². The molecule has 86 valence electrons. The molecule has 0 aliphatic carbocycles. The van der Waals surface area contributed by atoms with E-state index in [1.165, 1.54) is 10.9 Å². The molecule has 1 aromatic rings. The van der Waals surface area contributed by atoms with Crippen molar-refractivity contribution in [3.63, 3.8) is 0 Å². The van der Waals surface area contributed by atoms with Gasteiger partial charge in [-0.05, 0) is 0 Å². The van der Waals surface area contributed by atoms with Crippen LogP contribution in [0.5, 0.6) is 5.88 Å². The van der Waals surface area contributed by atoms with E-state index in [0.717, 1.165) is 0 Å². The zero-order valence-corrected chi connectivity index (χ0v) is 8.43. The first-order valence-corrected chi connectivity index (χ1v) is 4.53. The first-order chi connectivity index (χ1) is 7.58. The van der Waals surface area contributed by atoms with Crippen molar-refractivity contribution in [3.8, 4) is 5.88 Å². The molecular weight excluding hydrogens is 216 g/mol. The fraction of sp³-hybridized carbons (Fsp3) is 0.375. The number of carboxylic acid groups (broad SMARTS) is 1. The highest BCUT2D eigenvalue weighted by molar-refractivity contribution is 5.98. The number of aryl methyl sites for hydroxylation is 1. The summed E-state index contributed by atoms with van der Waals surface area (Å²) in [7, 11) is 1.66. The molecule has 0 aromatic carbocycles. The summed E-state index contributed by atoms with van der Waals surface area (Å²) in [5.41, 5.74) is 0.433. The fourth-order valence-corrected chi connectivity index (χ4v) is 1.40. The fourth-order valence-electron chi connectivity index (χ4n) is 1.40. The number of nitrogens with one attached hydrogen (secondary N) is 2. The SMILES string of the molecule is Cn1ncc2c1OCC(NC(=O)O)C(=O)N2. The van der Waals surface area contributed by atoms with E-state index in [0.29, 0.717) is 11.6 Å². The van der Waals surface area contributed by atoms with Crippen molar-refractivity contribution < 1.29 is 19.4 Å². The Morgan fingerprint density at radius 1 is 1.81 bits per heavy atom. The number of amides is 2. The van der Waals surface area contributed by atoms with E-state index in [2.05, 4.69) is 15.7 Å². The number of ether oxygens (including phenoxy) is 1. The minimum absolute atomic E-state index is 0.0648. The lowest BCUT2D eigenvalue weighted by Crippen LogP contribution is -2.45. The Labute approximate surface area is 90.2 Å². The number of nitrogens with zero attached hydrogens (tertiary/aromatic N) is 2. The zero-order chi connectivity index (χ0) is 11.7. The second kappa shape index (κ2) is 3.72. The molecule has 0 fully saturated rings. The summed E-state index contributed by atoms with van der Waals surface area (Å²) in [6.45, 7) is -0.0648. The lowest BCUT2D eigenvalue weighted by Gasteiger charge is -2.12. The van der Waals surface area contributed by atoms with E-state index in [1.807, 2.05) is 0 Å². The molecule has 0 saturated heterocycles. The van der Waals surface area contributed by atoms with Crippen LogP contribution in [0.4, 0.5) is 10.5 Å². The number of hydrogen-bond donors (Lipinski definition) is 3. The van der Waals surface area contributed by atoms with Crippen LogP contribution >= 0.6 is 0 Å². The molecule has 8 heteroatoms. The molecule has 0 radical (unpaired) electrons. The minimum atomic E-state index is -1.27. The molecule has 1 aliphatic rings. The number of carbonyl (C=O) groups excluding carboxylic acids is 1. The van der Waals surface area contributed by atoms with Crippen molar-refractivity contribution in [2.24, 2.45) is 7.05 Å². The van der Waals surface area contributed by atoms with Crippen LogP contribution in [0.15, 0.2) is 6.20 Å². The van der Waals surface area contributed by atoms with Gasteiger partial charge in [-0.2, -0.15) is 5.10 Å². The van der Waals surface area contributed by atoms with Gasteiger partial charge in [-0.25, -0.2) is 9.48 Å². The summed E-state index contributed by atoms with van der Waals surface area (Å²) in [6.07, 6.45) is 0.170. The number of aromatic nitrogens is 2. The molecule has 0 spiro atoms. The van der Waals surface area contributed by atoms with Crippen LogP contribution in [0.2, 0.25) is 0 Å². The quantitative estimate of drug-likeness (QED) is 0.592. The molecule has 2 heterocycles. The van der Waals surface area contributed by atoms with Crippen LogP contribution in [0.25, 0.3) is 0 Å². The van der Waals surface area contributed by atoms with Crippen molar-refractivity contribution in [2.75, 3.05) is 11.9 Å². The molecule has 0 bridgehead atoms. The summed E-state index contributed by atoms with van der Waals surface area (Å²) in [6, 6.07) is -0.926. The van der Waals surface area contributed by atoms with Gasteiger partial charge < -0.3 is 20.5 Å². The molecule has 1 unspecified atom stereocenters. The average Bonchev–Trinajstić information content (AvgIpc) is 2.45. The van der Waals surface area contributed by atoms with Gasteiger partial charge in [0, 0.05) is 7.05 Å². The minimum Gasteiger partial charge on any atom is -0.474 e. The van der Waals surface area contributed by atoms with Crippen molar-refractivity contribution >= 4 is 17.7 Å². The molecule has 8 nitrogen and oxygen atoms in total. The number of hydrogen-bond acceptors (Lipinski definition) is 4. The smallest absolute Gasteiger partial charge is 0.405 e. The Balaban J connectivity index is 2.18. The Morgan fingerprint density at radius 2 is 2.56 bits per heavy atom. The summed E-state index contributed by atoms with van der Waals surface area (Å²) in [4.78, 5) is 22.0. The Hall–Kier alpha value is -2.25. The number of fused-ring (bicyclic) bond motifs is 1. The van der Waals surface area contributed by atoms with E-state index in [9.17, 15) is 9.59 Å². The van der Waals surface area contributed by atoms with Crippen LogP contribution in [0, 0.1) is 0 Å². The highest BCUT2D eigenvalue weighted by Crippen LogP contribution is 2.25. The van der Waals surface area contributed by atoms with Gasteiger partial charge in [0.2, 0.25) is 5.88 Å². The van der Waals surface area contributed by atoms with Gasteiger partial charge >= 0.3 is 6.09 Å². The molecule has 1 aliphatic heterocycles. The second-order valence-electron chi connectivity index (χ2n) is 3.29. The van der Waals surface area contributed by atoms with E-state index < -0.39 is 18.0 Å². The highest BCUT2D eigenvalue weighted by Gasteiger charge is 2.27. The number of anilines is 1. The Bertz CT molecular complexity index is 441. The third-order valence-electron chi connectivity index (χ3n) is 2.14. The van der Waals surface area contributed by atoms with Gasteiger partial charge in [0.1, 0.15) is 18.3 Å². The number of rotatable bonds is 1. The Morgan fingerprint density at radius 3 is 3.25 bits per heavy atom. The molecule has 3 N–H and O–H groups in total. The molecule has 2 amide bonds. The van der Waals surface area contributed by atoms with Crippen molar-refractivity contribution in [1.82, 2.24) is 15.1 Å². The first-order valence-electron chi connectivity index (χ1n) is 4.53. The van der Waals surface area contributed by atoms with Gasteiger partial charge in [0.05, 0.1) is 6.20 Å². The third kappa shape index (κ3) is 1.76. The largest absolute Gasteiger partial charge is 0.474 e. The van der Waals surface area contributed by atoms with Gasteiger partial charge in [0.25, 0.3) is 5.91 Å². The van der Waals surface area contributed by atoms with E-state index in [1.54, 1.807) is 7.05 Å². The molecule has 1 atom stereocenters. The standard InChI is InChI=1S/C8H10N4O4/c1-12-7-4(2-9-12)10-6(13)5(3-16-7)11-8(14)15/h2,5,11H,3H2,1H3,(H,10,13)(H,14,15). The normalized spacial score (nSPS) is 19.1. The monoisotopic (exact) mass is 226 g/mol. The van der Waals surface area contributed by atoms with E-state index in [-0.39, 0.29) is 6.61 Å². The molecule has 2 rings (SSSR count). The first kappa shape index (κ1) is 10.3. The van der Waals surface area contributed by atoms with E-state index >= 15 is 0 Å². The molecule has 16 heavy (non-hydrogen) atoms. The van der Waals surface area contributed by atoms with Crippen LogP contribution in [-0.4, -0.2) is 39.5 Å². The van der Waals surface area contributed by atoms with Gasteiger partial charge in [-0.15, -0.1) is 0 Å². The summed E-state index contributed by atoms with van der Waals surface area (Å²) < 4.78 is 6.75. The lowest BCUT2D eigenvalue weighted by atomic mass is 10.3. The van der Waals surface area contributed by atoms with Gasteiger partial charge in [-0.3, -0.25) is 4.79 Å². The summed E-state index contributed by atoms with van der Waals surface area (Å²) in [5.74, 6) is -0.0582. The number of carbonyl (C=O) groups is 2. The predicted molar refractivity (Wildman–Crippen MR) is 52.3 cm³/mol. The topological polar surface area (TPSA) is 105 Å². The Kier molecular flexibility index (Phi) is 2.39. The van der Waals surface area contributed by atoms with Gasteiger partial charge in [0.15, 0.2) is 0 Å². The second-order valence-corrected chi connectivity index (χ2v) is 3.29.